The Balaban J connectivity index is 1.60. The summed E-state index contributed by atoms with van der Waals surface area (Å²) in [5, 5.41) is 0.126. The van der Waals surface area contributed by atoms with Crippen molar-refractivity contribution in [1.82, 2.24) is 0 Å². The first-order chi connectivity index (χ1) is 12.8. The molecule has 0 spiro atoms. The van der Waals surface area contributed by atoms with Gasteiger partial charge in [-0.05, 0) is 42.4 Å². The largest absolute Gasteiger partial charge is 0.462 e. The Morgan fingerprint density at radius 1 is 1.30 bits per heavy atom. The zero-order valence-corrected chi connectivity index (χ0v) is 16.6. The van der Waals surface area contributed by atoms with Crippen molar-refractivity contribution in [1.29, 1.82) is 0 Å². The lowest BCUT2D eigenvalue weighted by molar-refractivity contribution is -0.147. The molecule has 1 aromatic carbocycles. The third-order valence-corrected chi connectivity index (χ3v) is 6.16. The minimum Gasteiger partial charge on any atom is -0.462 e. The predicted octanol–water partition coefficient (Wildman–Crippen LogP) is 3.77. The number of esters is 2. The van der Waals surface area contributed by atoms with Gasteiger partial charge in [0.2, 0.25) is 5.12 Å². The van der Waals surface area contributed by atoms with E-state index in [0.717, 1.165) is 23.3 Å². The van der Waals surface area contributed by atoms with Gasteiger partial charge in [-0.1, -0.05) is 43.8 Å². The van der Waals surface area contributed by atoms with Crippen molar-refractivity contribution in [3.63, 3.8) is 0 Å². The topological polar surface area (TPSA) is 69.7 Å². The van der Waals surface area contributed by atoms with Crippen molar-refractivity contribution in [2.75, 3.05) is 12.4 Å². The van der Waals surface area contributed by atoms with E-state index in [1.165, 1.54) is 11.8 Å². The Hall–Kier alpha value is -2.08. The molecular weight excluding hydrogens is 364 g/mol. The van der Waals surface area contributed by atoms with E-state index in [-0.39, 0.29) is 40.9 Å². The van der Waals surface area contributed by atoms with E-state index in [4.69, 9.17) is 9.47 Å². The fraction of sp³-hybridized carbons (Fsp3) is 0.476. The van der Waals surface area contributed by atoms with E-state index in [0.29, 0.717) is 12.2 Å². The lowest BCUT2D eigenvalue weighted by Crippen LogP contribution is -2.11. The van der Waals surface area contributed by atoms with Crippen LogP contribution in [0.4, 0.5) is 0 Å². The zero-order valence-electron chi connectivity index (χ0n) is 15.8. The van der Waals surface area contributed by atoms with Gasteiger partial charge < -0.3 is 9.47 Å². The number of carbonyl (C=O) groups excluding carboxylic acids is 3. The summed E-state index contributed by atoms with van der Waals surface area (Å²) >= 11 is 1.34. The van der Waals surface area contributed by atoms with Crippen LogP contribution < -0.4 is 0 Å². The Bertz CT molecular complexity index is 796. The SMILES string of the molecule is CCOC(=O)c1cccc(COC(=O)[C@@H]2[C@H](/C=C3\CCSC3=O)C2(C)C)c1. The number of hydrogen-bond donors (Lipinski definition) is 0. The van der Waals surface area contributed by atoms with E-state index >= 15 is 0 Å². The number of allylic oxidation sites excluding steroid dienone is 1. The lowest BCUT2D eigenvalue weighted by atomic mass is 10.1. The van der Waals surface area contributed by atoms with Crippen LogP contribution in [0.2, 0.25) is 0 Å². The van der Waals surface area contributed by atoms with Crippen LogP contribution in [-0.4, -0.2) is 29.4 Å². The zero-order chi connectivity index (χ0) is 19.6. The Labute approximate surface area is 163 Å². The molecule has 0 amide bonds. The molecule has 2 aliphatic rings. The first kappa shape index (κ1) is 19.7. The van der Waals surface area contributed by atoms with Crippen molar-refractivity contribution < 1.29 is 23.9 Å². The molecular formula is C21H24O5S. The van der Waals surface area contributed by atoms with Crippen LogP contribution in [0.25, 0.3) is 0 Å². The Morgan fingerprint density at radius 2 is 2.07 bits per heavy atom. The predicted molar refractivity (Wildman–Crippen MR) is 103 cm³/mol. The fourth-order valence-corrected chi connectivity index (χ4v) is 4.37. The average molecular weight is 388 g/mol. The second-order valence-corrected chi connectivity index (χ2v) is 8.50. The molecule has 144 valence electrons. The van der Waals surface area contributed by atoms with E-state index < -0.39 is 0 Å². The average Bonchev–Trinajstić information content (AvgIpc) is 2.94. The van der Waals surface area contributed by atoms with Gasteiger partial charge in [0.1, 0.15) is 6.61 Å². The highest BCUT2D eigenvalue weighted by Crippen LogP contribution is 2.60. The van der Waals surface area contributed by atoms with Crippen molar-refractivity contribution in [2.24, 2.45) is 17.3 Å². The maximum Gasteiger partial charge on any atom is 0.338 e. The first-order valence-corrected chi connectivity index (χ1v) is 10.1. The molecule has 0 bridgehead atoms. The Kier molecular flexibility index (Phi) is 5.75. The smallest absolute Gasteiger partial charge is 0.338 e. The van der Waals surface area contributed by atoms with Crippen LogP contribution in [0.5, 0.6) is 0 Å². The summed E-state index contributed by atoms with van der Waals surface area (Å²) in [6, 6.07) is 6.90. The van der Waals surface area contributed by atoms with E-state index in [2.05, 4.69) is 0 Å². The maximum atomic E-state index is 12.5. The van der Waals surface area contributed by atoms with Crippen LogP contribution in [-0.2, 0) is 25.7 Å². The van der Waals surface area contributed by atoms with Gasteiger partial charge in [-0.15, -0.1) is 0 Å². The molecule has 2 fully saturated rings. The molecule has 1 saturated heterocycles. The summed E-state index contributed by atoms with van der Waals surface area (Å²) in [5.41, 5.74) is 1.81. The summed E-state index contributed by atoms with van der Waals surface area (Å²) in [7, 11) is 0. The highest BCUT2D eigenvalue weighted by atomic mass is 32.2. The molecule has 5 nitrogen and oxygen atoms in total. The van der Waals surface area contributed by atoms with Crippen LogP contribution in [0.15, 0.2) is 35.9 Å². The van der Waals surface area contributed by atoms with Crippen LogP contribution in [0.3, 0.4) is 0 Å². The molecule has 1 aliphatic carbocycles. The van der Waals surface area contributed by atoms with Crippen molar-refractivity contribution in [3.8, 4) is 0 Å². The van der Waals surface area contributed by atoms with Gasteiger partial charge in [0.25, 0.3) is 0 Å². The van der Waals surface area contributed by atoms with Crippen LogP contribution in [0, 0.1) is 17.3 Å². The fourth-order valence-electron chi connectivity index (χ4n) is 3.50. The number of thioether (sulfide) groups is 1. The molecule has 2 atom stereocenters. The maximum absolute atomic E-state index is 12.5. The molecule has 0 unspecified atom stereocenters. The second-order valence-electron chi connectivity index (χ2n) is 7.43. The van der Waals surface area contributed by atoms with Gasteiger partial charge in [-0.2, -0.15) is 0 Å². The highest BCUT2D eigenvalue weighted by molar-refractivity contribution is 8.14. The second kappa shape index (κ2) is 7.89. The van der Waals surface area contributed by atoms with Gasteiger partial charge in [0.05, 0.1) is 18.1 Å². The van der Waals surface area contributed by atoms with Gasteiger partial charge >= 0.3 is 11.9 Å². The Morgan fingerprint density at radius 3 is 2.74 bits per heavy atom. The quantitative estimate of drug-likeness (QED) is 0.546. The normalized spacial score (nSPS) is 24.7. The number of rotatable bonds is 6. The monoisotopic (exact) mass is 388 g/mol. The number of benzene rings is 1. The molecule has 1 aliphatic heterocycles. The summed E-state index contributed by atoms with van der Waals surface area (Å²) in [6.45, 7) is 6.22. The summed E-state index contributed by atoms with van der Waals surface area (Å²) in [4.78, 5) is 36.2. The lowest BCUT2D eigenvalue weighted by Gasteiger charge is -2.07. The van der Waals surface area contributed by atoms with E-state index in [1.54, 1.807) is 25.1 Å². The summed E-state index contributed by atoms with van der Waals surface area (Å²) in [5.74, 6) is -0.0320. The van der Waals surface area contributed by atoms with Crippen LogP contribution in [0.1, 0.15) is 43.1 Å². The van der Waals surface area contributed by atoms with Crippen molar-refractivity contribution in [3.05, 3.63) is 47.0 Å². The van der Waals surface area contributed by atoms with Gasteiger partial charge in [-0.3, -0.25) is 9.59 Å². The highest BCUT2D eigenvalue weighted by Gasteiger charge is 2.61. The minimum absolute atomic E-state index is 0.0357. The standard InChI is InChI=1S/C21H24O5S/c1-4-25-18(22)14-7-5-6-13(10-14)12-26-19(23)17-16(21(17,2)3)11-15-8-9-27-20(15)24/h5-7,10-11,16-17H,4,8-9,12H2,1-3H3/b15-11+/t16-,17-/m0/s1. The van der Waals surface area contributed by atoms with Gasteiger partial charge in [-0.25, -0.2) is 4.79 Å². The van der Waals surface area contributed by atoms with Crippen LogP contribution >= 0.6 is 11.8 Å². The third kappa shape index (κ3) is 4.26. The van der Waals surface area contributed by atoms with Crippen molar-refractivity contribution >= 4 is 28.8 Å². The summed E-state index contributed by atoms with van der Waals surface area (Å²) in [6.07, 6.45) is 2.74. The molecule has 1 heterocycles. The van der Waals surface area contributed by atoms with Gasteiger partial charge in [0.15, 0.2) is 0 Å². The van der Waals surface area contributed by atoms with Gasteiger partial charge in [0, 0.05) is 11.3 Å². The molecule has 3 rings (SSSR count). The van der Waals surface area contributed by atoms with E-state index in [1.807, 2.05) is 26.0 Å². The molecule has 1 saturated carbocycles. The molecule has 0 radical (unpaired) electrons. The van der Waals surface area contributed by atoms with Crippen molar-refractivity contribution in [2.45, 2.75) is 33.8 Å². The number of ether oxygens (including phenoxy) is 2. The minimum atomic E-state index is -0.389. The molecule has 0 aromatic heterocycles. The molecule has 6 heteroatoms. The summed E-state index contributed by atoms with van der Waals surface area (Å²) < 4.78 is 10.5. The number of carbonyl (C=O) groups is 3. The third-order valence-electron chi connectivity index (χ3n) is 5.23. The number of hydrogen-bond acceptors (Lipinski definition) is 6. The first-order valence-electron chi connectivity index (χ1n) is 9.15. The van der Waals surface area contributed by atoms with E-state index in [9.17, 15) is 14.4 Å². The molecule has 1 aromatic rings. The molecule has 27 heavy (non-hydrogen) atoms. The molecule has 0 N–H and O–H groups in total.